The van der Waals surface area contributed by atoms with Crippen LogP contribution < -0.4 is 0 Å². The molecule has 2 nitrogen and oxygen atoms in total. The van der Waals surface area contributed by atoms with Gasteiger partial charge in [-0.25, -0.2) is 0 Å². The fourth-order valence-corrected chi connectivity index (χ4v) is 1.61. The van der Waals surface area contributed by atoms with Crippen molar-refractivity contribution in [1.82, 2.24) is 0 Å². The average molecular weight is 234 g/mol. The summed E-state index contributed by atoms with van der Waals surface area (Å²) in [5.74, 6) is 0.0615. The Hall–Kier alpha value is -1.31. The van der Waals surface area contributed by atoms with Crippen LogP contribution in [0.5, 0.6) is 0 Å². The first-order valence-electron chi connectivity index (χ1n) is 6.19. The van der Waals surface area contributed by atoms with Crippen LogP contribution >= 0.6 is 0 Å². The molecule has 0 amide bonds. The quantitative estimate of drug-likeness (QED) is 0.739. The molecule has 0 heterocycles. The second kappa shape index (κ2) is 5.85. The molecule has 0 saturated carbocycles. The highest BCUT2D eigenvalue weighted by atomic mass is 16.5. The Balaban J connectivity index is 2.86. The van der Waals surface area contributed by atoms with Crippen molar-refractivity contribution in [3.05, 3.63) is 35.4 Å². The Labute approximate surface area is 104 Å². The molecule has 0 radical (unpaired) electrons. The standard InChI is InChI=1S/C15H22O2/c1-10(2)14(17-15(16)11(3)4)13-8-6-12(5)7-9-13/h6-11,14H,1-5H3/t14-/m1/s1. The molecule has 1 rings (SSSR count). The number of carbonyl (C=O) groups is 1. The second-order valence-corrected chi connectivity index (χ2v) is 5.17. The maximum absolute atomic E-state index is 11.7. The van der Waals surface area contributed by atoms with Gasteiger partial charge in [-0.05, 0) is 18.4 Å². The summed E-state index contributed by atoms with van der Waals surface area (Å²) in [5.41, 5.74) is 2.28. The normalized spacial score (nSPS) is 12.9. The van der Waals surface area contributed by atoms with E-state index in [-0.39, 0.29) is 23.9 Å². The largest absolute Gasteiger partial charge is 0.457 e. The van der Waals surface area contributed by atoms with Crippen molar-refractivity contribution in [2.45, 2.75) is 40.7 Å². The zero-order valence-corrected chi connectivity index (χ0v) is 11.4. The van der Waals surface area contributed by atoms with Gasteiger partial charge < -0.3 is 4.74 Å². The molecule has 0 N–H and O–H groups in total. The molecule has 2 heteroatoms. The van der Waals surface area contributed by atoms with Gasteiger partial charge in [0.25, 0.3) is 0 Å². The smallest absolute Gasteiger partial charge is 0.308 e. The Kier molecular flexibility index (Phi) is 4.73. The number of ether oxygens (including phenoxy) is 1. The summed E-state index contributed by atoms with van der Waals surface area (Å²) in [4.78, 5) is 11.7. The van der Waals surface area contributed by atoms with Crippen molar-refractivity contribution >= 4 is 5.97 Å². The summed E-state index contributed by atoms with van der Waals surface area (Å²) in [6, 6.07) is 8.17. The van der Waals surface area contributed by atoms with E-state index in [0.717, 1.165) is 5.56 Å². The molecule has 0 aliphatic heterocycles. The summed E-state index contributed by atoms with van der Waals surface area (Å²) < 4.78 is 5.56. The van der Waals surface area contributed by atoms with Crippen LogP contribution in [0.4, 0.5) is 0 Å². The van der Waals surface area contributed by atoms with Gasteiger partial charge in [0.05, 0.1) is 5.92 Å². The monoisotopic (exact) mass is 234 g/mol. The Morgan fingerprint density at radius 2 is 1.59 bits per heavy atom. The van der Waals surface area contributed by atoms with E-state index in [2.05, 4.69) is 13.8 Å². The third-order valence-electron chi connectivity index (χ3n) is 2.73. The van der Waals surface area contributed by atoms with Crippen LogP contribution in [-0.2, 0) is 9.53 Å². The Morgan fingerprint density at radius 1 is 1.06 bits per heavy atom. The van der Waals surface area contributed by atoms with E-state index in [0.29, 0.717) is 0 Å². The van der Waals surface area contributed by atoms with Crippen molar-refractivity contribution in [3.8, 4) is 0 Å². The topological polar surface area (TPSA) is 26.3 Å². The molecule has 0 saturated heterocycles. The molecule has 0 aliphatic rings. The summed E-state index contributed by atoms with van der Waals surface area (Å²) in [5, 5.41) is 0. The van der Waals surface area contributed by atoms with Gasteiger partial charge in [-0.3, -0.25) is 4.79 Å². The van der Waals surface area contributed by atoms with Crippen LogP contribution in [0, 0.1) is 18.8 Å². The zero-order chi connectivity index (χ0) is 13.0. The minimum atomic E-state index is -0.148. The van der Waals surface area contributed by atoms with Gasteiger partial charge in [-0.2, -0.15) is 0 Å². The highest BCUT2D eigenvalue weighted by Crippen LogP contribution is 2.27. The molecule has 1 atom stereocenters. The van der Waals surface area contributed by atoms with Crippen molar-refractivity contribution in [2.75, 3.05) is 0 Å². The molecule has 0 fully saturated rings. The molecule has 0 spiro atoms. The minimum absolute atomic E-state index is 0.0818. The number of rotatable bonds is 4. The molecule has 0 aromatic heterocycles. The molecule has 1 aromatic rings. The first-order chi connectivity index (χ1) is 7.91. The molecule has 0 aliphatic carbocycles. The van der Waals surface area contributed by atoms with Gasteiger partial charge in [-0.1, -0.05) is 57.5 Å². The van der Waals surface area contributed by atoms with Crippen LogP contribution in [0.25, 0.3) is 0 Å². The number of benzene rings is 1. The maximum Gasteiger partial charge on any atom is 0.308 e. The Bertz CT molecular complexity index is 363. The SMILES string of the molecule is Cc1ccc([C@H](OC(=O)C(C)C)C(C)C)cc1. The van der Waals surface area contributed by atoms with Crippen LogP contribution in [0.1, 0.15) is 44.9 Å². The molecular weight excluding hydrogens is 212 g/mol. The van der Waals surface area contributed by atoms with Gasteiger partial charge in [-0.15, -0.1) is 0 Å². The minimum Gasteiger partial charge on any atom is -0.457 e. The predicted molar refractivity (Wildman–Crippen MR) is 69.7 cm³/mol. The van der Waals surface area contributed by atoms with E-state index < -0.39 is 0 Å². The fraction of sp³-hybridized carbons (Fsp3) is 0.533. The average Bonchev–Trinajstić information content (AvgIpc) is 2.26. The zero-order valence-electron chi connectivity index (χ0n) is 11.4. The molecule has 17 heavy (non-hydrogen) atoms. The van der Waals surface area contributed by atoms with E-state index in [1.54, 1.807) is 0 Å². The summed E-state index contributed by atoms with van der Waals surface area (Å²) >= 11 is 0. The number of esters is 1. The molecule has 94 valence electrons. The fourth-order valence-electron chi connectivity index (χ4n) is 1.61. The van der Waals surface area contributed by atoms with Gasteiger partial charge in [0.15, 0.2) is 0 Å². The lowest BCUT2D eigenvalue weighted by Gasteiger charge is -2.23. The summed E-state index contributed by atoms with van der Waals surface area (Å²) in [6.07, 6.45) is -0.148. The lowest BCUT2D eigenvalue weighted by Crippen LogP contribution is -2.19. The van der Waals surface area contributed by atoms with Crippen molar-refractivity contribution in [3.63, 3.8) is 0 Å². The van der Waals surface area contributed by atoms with Crippen molar-refractivity contribution in [2.24, 2.45) is 11.8 Å². The summed E-state index contributed by atoms with van der Waals surface area (Å²) in [6.45, 7) is 9.90. The van der Waals surface area contributed by atoms with Gasteiger partial charge in [0, 0.05) is 0 Å². The van der Waals surface area contributed by atoms with Gasteiger partial charge >= 0.3 is 5.97 Å². The van der Waals surface area contributed by atoms with Crippen LogP contribution in [0.3, 0.4) is 0 Å². The molecule has 0 bridgehead atoms. The van der Waals surface area contributed by atoms with Crippen LogP contribution in [0.15, 0.2) is 24.3 Å². The van der Waals surface area contributed by atoms with Crippen molar-refractivity contribution < 1.29 is 9.53 Å². The van der Waals surface area contributed by atoms with E-state index in [1.165, 1.54) is 5.56 Å². The predicted octanol–water partition coefficient (Wildman–Crippen LogP) is 3.89. The first-order valence-corrected chi connectivity index (χ1v) is 6.19. The van der Waals surface area contributed by atoms with E-state index in [9.17, 15) is 4.79 Å². The van der Waals surface area contributed by atoms with E-state index in [4.69, 9.17) is 4.74 Å². The molecule has 0 unspecified atom stereocenters. The van der Waals surface area contributed by atoms with E-state index >= 15 is 0 Å². The number of hydrogen-bond acceptors (Lipinski definition) is 2. The Morgan fingerprint density at radius 3 is 2.00 bits per heavy atom. The van der Waals surface area contributed by atoms with Crippen LogP contribution in [-0.4, -0.2) is 5.97 Å². The van der Waals surface area contributed by atoms with Gasteiger partial charge in [0.1, 0.15) is 6.10 Å². The number of carbonyl (C=O) groups excluding carboxylic acids is 1. The molecule has 1 aromatic carbocycles. The van der Waals surface area contributed by atoms with E-state index in [1.807, 2.05) is 45.0 Å². The maximum atomic E-state index is 11.7. The van der Waals surface area contributed by atoms with Gasteiger partial charge in [0.2, 0.25) is 0 Å². The highest BCUT2D eigenvalue weighted by Gasteiger charge is 2.21. The molecular formula is C15H22O2. The third kappa shape index (κ3) is 3.88. The number of hydrogen-bond donors (Lipinski definition) is 0. The second-order valence-electron chi connectivity index (χ2n) is 5.17. The van der Waals surface area contributed by atoms with Crippen LogP contribution in [0.2, 0.25) is 0 Å². The summed E-state index contributed by atoms with van der Waals surface area (Å²) in [7, 11) is 0. The number of aryl methyl sites for hydroxylation is 1. The lowest BCUT2D eigenvalue weighted by atomic mass is 9.98. The highest BCUT2D eigenvalue weighted by molar-refractivity contribution is 5.71. The van der Waals surface area contributed by atoms with Crippen molar-refractivity contribution in [1.29, 1.82) is 0 Å². The third-order valence-corrected chi connectivity index (χ3v) is 2.73. The first kappa shape index (κ1) is 13.8. The lowest BCUT2D eigenvalue weighted by molar-refractivity contribution is -0.155.